The van der Waals surface area contributed by atoms with Crippen molar-refractivity contribution in [2.45, 2.75) is 12.8 Å². The molecule has 0 spiro atoms. The van der Waals surface area contributed by atoms with Gasteiger partial charge in [-0.1, -0.05) is 42.5 Å². The minimum Gasteiger partial charge on any atom is -0.693 e. The van der Waals surface area contributed by atoms with E-state index in [0.717, 1.165) is 5.52 Å². The largest absolute Gasteiger partial charge is 0.693 e. The van der Waals surface area contributed by atoms with Crippen LogP contribution >= 0.6 is 9.42 Å². The molecule has 8 nitrogen and oxygen atoms in total. The van der Waals surface area contributed by atoms with Crippen LogP contribution in [0.25, 0.3) is 34.0 Å². The van der Waals surface area contributed by atoms with E-state index < -0.39 is 11.9 Å². The van der Waals surface area contributed by atoms with E-state index in [9.17, 15) is 9.59 Å². The number of aliphatic carboxylic acids is 2. The molecule has 0 atom stereocenters. The van der Waals surface area contributed by atoms with E-state index in [1.54, 1.807) is 18.8 Å². The molecule has 0 aliphatic heterocycles. The molecule has 0 saturated carbocycles. The molecule has 0 saturated heterocycles. The number of aromatic nitrogens is 1. The van der Waals surface area contributed by atoms with E-state index in [1.165, 1.54) is 16.2 Å². The molecule has 8 N–H and O–H groups in total. The smallest absolute Gasteiger partial charge is 0.0708 e. The monoisotopic (exact) mass is 577 g/mol. The van der Waals surface area contributed by atoms with Gasteiger partial charge in [0.2, 0.25) is 0 Å². The predicted molar refractivity (Wildman–Crippen MR) is 104 cm³/mol. The van der Waals surface area contributed by atoms with Crippen molar-refractivity contribution in [1.82, 2.24) is 4.98 Å². The number of rotatable bonds is 3. The third-order valence-electron chi connectivity index (χ3n) is 3.05. The molecule has 1 heterocycles. The fourth-order valence-corrected chi connectivity index (χ4v) is 2.02. The van der Waals surface area contributed by atoms with Gasteiger partial charge in [0.15, 0.2) is 0 Å². The van der Waals surface area contributed by atoms with E-state index in [-0.39, 0.29) is 30.6 Å². The van der Waals surface area contributed by atoms with Crippen molar-refractivity contribution >= 4 is 43.0 Å². The summed E-state index contributed by atoms with van der Waals surface area (Å²) in [6.07, 6.45) is 1.34. The molecule has 0 aliphatic rings. The van der Waals surface area contributed by atoms with E-state index >= 15 is 0 Å². The summed E-state index contributed by atoms with van der Waals surface area (Å²) in [7, 11) is 4.61. The molecule has 153 valence electrons. The summed E-state index contributed by atoms with van der Waals surface area (Å²) >= 11 is 1.61. The molecule has 0 bridgehead atoms. The van der Waals surface area contributed by atoms with Crippen LogP contribution in [0.1, 0.15) is 12.8 Å². The van der Waals surface area contributed by atoms with E-state index in [0.29, 0.717) is 0 Å². The number of para-hydroxylation sites is 1. The van der Waals surface area contributed by atoms with Gasteiger partial charge in [0, 0.05) is 17.0 Å². The molecular formula is C17H21ClN3O5Pt-2. The van der Waals surface area contributed by atoms with Crippen molar-refractivity contribution < 1.29 is 44.1 Å². The first kappa shape index (κ1) is 29.7. The second-order valence-corrected chi connectivity index (χ2v) is 4.65. The van der Waals surface area contributed by atoms with Gasteiger partial charge in [-0.25, -0.2) is 0 Å². The van der Waals surface area contributed by atoms with Gasteiger partial charge >= 0.3 is 40.1 Å². The number of nitrogens with two attached hydrogens (primary N) is 2. The average Bonchev–Trinajstić information content (AvgIpc) is 2.62. The van der Waals surface area contributed by atoms with Gasteiger partial charge in [-0.15, -0.1) is 0 Å². The third kappa shape index (κ3) is 9.98. The number of nitrogens with zero attached hydrogens (tertiary/aromatic N) is 1. The first-order valence-corrected chi connectivity index (χ1v) is 9.67. The topological polar surface area (TPSA) is 186 Å². The SMILES string of the molecule is O.O=C(O)CCC(=O)O.[Cl][Pt].[NH2-].[NH2-].c1ccc2c(c1)cnc1ccccc12. The summed E-state index contributed by atoms with van der Waals surface area (Å²) in [6.45, 7) is 0. The van der Waals surface area contributed by atoms with Crippen LogP contribution in [0.15, 0.2) is 54.7 Å². The molecule has 0 radical (unpaired) electrons. The standard InChI is InChI=1S/C13H9N.C4H6O4.ClH.2H2N.H2O.Pt/c1-2-6-11-10(5-1)9-14-13-8-4-3-7-12(11)13;5-3(6)1-2-4(7)8;;;;;/h1-9H;1-2H2,(H,5,6)(H,7,8);1H;3*1H2;/q;;;2*-1;;+1/p-1. The van der Waals surface area contributed by atoms with Gasteiger partial charge in [-0.05, 0) is 11.5 Å². The van der Waals surface area contributed by atoms with Crippen molar-refractivity contribution in [3.05, 3.63) is 67.0 Å². The Morgan fingerprint density at radius 1 is 0.852 bits per heavy atom. The van der Waals surface area contributed by atoms with Crippen LogP contribution in [0.2, 0.25) is 0 Å². The Labute approximate surface area is 171 Å². The van der Waals surface area contributed by atoms with Crippen LogP contribution in [-0.4, -0.2) is 32.6 Å². The Balaban J connectivity index is -0.000000393. The van der Waals surface area contributed by atoms with Crippen LogP contribution < -0.4 is 0 Å². The van der Waals surface area contributed by atoms with Gasteiger partial charge in [0.25, 0.3) is 0 Å². The Hall–Kier alpha value is -2.09. The van der Waals surface area contributed by atoms with Gasteiger partial charge in [0.05, 0.1) is 18.4 Å². The predicted octanol–water partition coefficient (Wildman–Crippen LogP) is 4.62. The van der Waals surface area contributed by atoms with Gasteiger partial charge < -0.3 is 28.0 Å². The average molecular weight is 578 g/mol. The zero-order chi connectivity index (χ0) is 17.9. The Morgan fingerprint density at radius 3 is 1.81 bits per heavy atom. The molecule has 0 fully saturated rings. The van der Waals surface area contributed by atoms with Crippen LogP contribution in [0.4, 0.5) is 0 Å². The van der Waals surface area contributed by atoms with Crippen LogP contribution in [0, 0.1) is 0 Å². The van der Waals surface area contributed by atoms with Gasteiger partial charge in [-0.3, -0.25) is 14.6 Å². The molecule has 3 aromatic rings. The number of hydrogen-bond acceptors (Lipinski definition) is 3. The number of hydrogen-bond donors (Lipinski definition) is 2. The quantitative estimate of drug-likeness (QED) is 0.429. The Kier molecular flexibility index (Phi) is 17.7. The maximum Gasteiger partial charge on any atom is 0.0708 e. The van der Waals surface area contributed by atoms with Crippen LogP contribution in [-0.2, 0) is 28.4 Å². The maximum absolute atomic E-state index is 9.64. The molecule has 0 aliphatic carbocycles. The minimum absolute atomic E-state index is 0. The normalized spacial score (nSPS) is 8.41. The van der Waals surface area contributed by atoms with E-state index in [1.807, 2.05) is 24.4 Å². The second-order valence-electron chi connectivity index (χ2n) is 4.65. The Bertz CT molecular complexity index is 767. The molecule has 3 rings (SSSR count). The number of benzene rings is 2. The van der Waals surface area contributed by atoms with Crippen molar-refractivity contribution in [3.63, 3.8) is 0 Å². The second kappa shape index (κ2) is 16.1. The summed E-state index contributed by atoms with van der Waals surface area (Å²) < 4.78 is 0. The number of fused-ring (bicyclic) bond motifs is 3. The molecule has 2 aromatic carbocycles. The summed E-state index contributed by atoms with van der Waals surface area (Å²) in [5, 5.41) is 19.5. The minimum atomic E-state index is -1.08. The van der Waals surface area contributed by atoms with Crippen molar-refractivity contribution in [2.24, 2.45) is 0 Å². The summed E-state index contributed by atoms with van der Waals surface area (Å²) in [6, 6.07) is 16.6. The van der Waals surface area contributed by atoms with E-state index in [2.05, 4.69) is 44.7 Å². The first-order valence-electron chi connectivity index (χ1n) is 6.86. The summed E-state index contributed by atoms with van der Waals surface area (Å²) in [5.41, 5.74) is 1.06. The van der Waals surface area contributed by atoms with Crippen molar-refractivity contribution in [1.29, 1.82) is 0 Å². The fraction of sp³-hybridized carbons (Fsp3) is 0.118. The molecule has 0 unspecified atom stereocenters. The zero-order valence-corrected chi connectivity index (χ0v) is 17.1. The third-order valence-corrected chi connectivity index (χ3v) is 3.05. The number of carboxylic acid groups (broad SMARTS) is 2. The number of carboxylic acids is 2. The van der Waals surface area contributed by atoms with Crippen LogP contribution in [0.5, 0.6) is 0 Å². The fourth-order valence-electron chi connectivity index (χ4n) is 2.02. The Morgan fingerprint density at radius 2 is 1.30 bits per heavy atom. The van der Waals surface area contributed by atoms with E-state index in [4.69, 9.17) is 10.2 Å². The molecule has 0 amide bonds. The zero-order valence-electron chi connectivity index (χ0n) is 14.1. The molecule has 27 heavy (non-hydrogen) atoms. The van der Waals surface area contributed by atoms with Crippen LogP contribution in [0.3, 0.4) is 0 Å². The van der Waals surface area contributed by atoms with Crippen molar-refractivity contribution in [3.8, 4) is 0 Å². The number of halogens is 1. The molecular weight excluding hydrogens is 557 g/mol. The van der Waals surface area contributed by atoms with Crippen molar-refractivity contribution in [2.75, 3.05) is 0 Å². The van der Waals surface area contributed by atoms with Gasteiger partial charge in [0.1, 0.15) is 0 Å². The molecule has 10 heteroatoms. The summed E-state index contributed by atoms with van der Waals surface area (Å²) in [4.78, 5) is 23.7. The summed E-state index contributed by atoms with van der Waals surface area (Å²) in [5.74, 6) is -2.15. The van der Waals surface area contributed by atoms with Gasteiger partial charge in [-0.2, -0.15) is 0 Å². The number of carbonyl (C=O) groups is 2. The number of pyridine rings is 1. The molecule has 1 aromatic heterocycles. The maximum atomic E-state index is 9.64. The first-order chi connectivity index (χ1) is 11.6.